The predicted octanol–water partition coefficient (Wildman–Crippen LogP) is 8.37. The molecule has 1 saturated heterocycles. The van der Waals surface area contributed by atoms with Gasteiger partial charge in [0.25, 0.3) is 0 Å². The Morgan fingerprint density at radius 1 is 1.00 bits per heavy atom. The van der Waals surface area contributed by atoms with Crippen molar-refractivity contribution in [2.75, 3.05) is 18.8 Å². The van der Waals surface area contributed by atoms with Crippen molar-refractivity contribution in [1.29, 1.82) is 0 Å². The largest absolute Gasteiger partial charge is 0.504 e. The average Bonchev–Trinajstić information content (AvgIpc) is 3.88. The third-order valence-corrected chi connectivity index (χ3v) is 16.6. The number of rotatable bonds is 3. The third kappa shape index (κ3) is 11.2. The molecule has 12 heteroatoms. The van der Waals surface area contributed by atoms with Gasteiger partial charge in [-0.05, 0) is 107 Å². The number of phenolic OH excluding ortho intramolecular Hbond substituents is 1. The molecule has 0 radical (unpaired) electrons. The van der Waals surface area contributed by atoms with Crippen LogP contribution in [0.2, 0.25) is 0 Å². The van der Waals surface area contributed by atoms with E-state index in [2.05, 4.69) is 35.6 Å². The van der Waals surface area contributed by atoms with Crippen LogP contribution >= 0.6 is 21.6 Å². The zero-order valence-electron chi connectivity index (χ0n) is 34.6. The number of hydrogen-bond acceptors (Lipinski definition) is 11. The van der Waals surface area contributed by atoms with Crippen molar-refractivity contribution in [2.24, 2.45) is 22.1 Å². The van der Waals surface area contributed by atoms with Crippen LogP contribution in [-0.4, -0.2) is 75.0 Å². The number of phenols is 1. The minimum atomic E-state index is -0.555. The molecule has 0 aromatic heterocycles. The van der Waals surface area contributed by atoms with Crippen LogP contribution in [0.3, 0.4) is 0 Å². The van der Waals surface area contributed by atoms with Crippen LogP contribution in [0.25, 0.3) is 0 Å². The lowest BCUT2D eigenvalue weighted by Crippen LogP contribution is -2.47. The first-order chi connectivity index (χ1) is 28.1. The van der Waals surface area contributed by atoms with Gasteiger partial charge in [-0.25, -0.2) is 0 Å². The predicted molar refractivity (Wildman–Crippen MR) is 234 cm³/mol. The molecule has 3 heterocycles. The number of nitrogens with zero attached hydrogens (tertiary/aromatic N) is 2. The minimum Gasteiger partial charge on any atom is -0.504 e. The second-order valence-corrected chi connectivity index (χ2v) is 20.7. The van der Waals surface area contributed by atoms with Crippen LogP contribution in [0, 0.1) is 11.3 Å². The highest BCUT2D eigenvalue weighted by Gasteiger charge is 2.44. The van der Waals surface area contributed by atoms with Gasteiger partial charge in [0.1, 0.15) is 12.2 Å². The molecule has 4 bridgehead atoms. The van der Waals surface area contributed by atoms with E-state index >= 15 is 0 Å². The van der Waals surface area contributed by atoms with Crippen molar-refractivity contribution < 1.29 is 29.3 Å². The SMILES string of the molecule is CC(=O)OC1CCc2cc(c(O)c3c2CCC2CCCC2O3)CN2CC(Cc3ccccc3)(CCN=C(N)NC3(CCCC3)SSCCCCCCC(O)C1)CC2=O. The molecule has 1 spiro atoms. The number of aliphatic hydroxyl groups excluding tert-OH is 1. The molecule has 7 rings (SSSR count). The van der Waals surface area contributed by atoms with Crippen molar-refractivity contribution in [3.05, 3.63) is 58.7 Å². The molecule has 5 atom stereocenters. The molecule has 1 amide bonds. The number of nitrogens with two attached hydrogens (primary N) is 1. The quantitative estimate of drug-likeness (QED) is 0.176. The fraction of sp³-hybridized carbons (Fsp3) is 0.674. The Morgan fingerprint density at radius 3 is 2.62 bits per heavy atom. The van der Waals surface area contributed by atoms with Crippen LogP contribution in [-0.2, 0) is 40.1 Å². The van der Waals surface area contributed by atoms with Crippen LogP contribution in [0.4, 0.5) is 0 Å². The number of aliphatic imine (C=N–C) groups is 1. The second-order valence-electron chi connectivity index (χ2n) is 17.9. The summed E-state index contributed by atoms with van der Waals surface area (Å²) in [6.07, 6.45) is 16.9. The molecular weight excluding hydrogens is 769 g/mol. The van der Waals surface area contributed by atoms with Crippen molar-refractivity contribution in [2.45, 2.75) is 165 Å². The summed E-state index contributed by atoms with van der Waals surface area (Å²) in [5.74, 6) is 2.42. The van der Waals surface area contributed by atoms with Gasteiger partial charge in [0, 0.05) is 61.7 Å². The number of nitrogens with one attached hydrogen (secondary N) is 1. The fourth-order valence-corrected chi connectivity index (χ4v) is 13.5. The van der Waals surface area contributed by atoms with Crippen LogP contribution in [0.5, 0.6) is 11.5 Å². The number of carbonyl (C=O) groups excluding carboxylic acids is 2. The molecule has 3 aliphatic heterocycles. The van der Waals surface area contributed by atoms with Gasteiger partial charge in [-0.1, -0.05) is 84.0 Å². The molecule has 3 fully saturated rings. The molecule has 5 unspecified atom stereocenters. The van der Waals surface area contributed by atoms with Crippen molar-refractivity contribution in [3.8, 4) is 11.5 Å². The Balaban J connectivity index is 1.18. The fourth-order valence-electron chi connectivity index (χ4n) is 10.4. The Kier molecular flexibility index (Phi) is 14.8. The Bertz CT molecular complexity index is 1740. The van der Waals surface area contributed by atoms with Gasteiger partial charge in [0.2, 0.25) is 5.91 Å². The molecule has 5 N–H and O–H groups in total. The monoisotopic (exact) mass is 834 g/mol. The van der Waals surface area contributed by atoms with Crippen molar-refractivity contribution in [1.82, 2.24) is 10.2 Å². The summed E-state index contributed by atoms with van der Waals surface area (Å²) in [5.41, 5.74) is 10.2. The molecule has 10 nitrogen and oxygen atoms in total. The maximum atomic E-state index is 14.1. The van der Waals surface area contributed by atoms with Gasteiger partial charge in [0.05, 0.1) is 11.0 Å². The summed E-state index contributed by atoms with van der Waals surface area (Å²) in [7, 11) is 3.82. The van der Waals surface area contributed by atoms with Crippen LogP contribution < -0.4 is 15.8 Å². The highest BCUT2D eigenvalue weighted by atomic mass is 33.1. The number of aromatic hydroxyl groups is 1. The normalized spacial score (nSPS) is 29.0. The van der Waals surface area contributed by atoms with E-state index in [1.54, 1.807) is 0 Å². The maximum Gasteiger partial charge on any atom is 0.302 e. The van der Waals surface area contributed by atoms with E-state index in [9.17, 15) is 19.8 Å². The van der Waals surface area contributed by atoms with Gasteiger partial charge in [0.15, 0.2) is 17.5 Å². The molecule has 2 aromatic rings. The number of hydrogen-bond donors (Lipinski definition) is 4. The maximum absolute atomic E-state index is 14.1. The lowest BCUT2D eigenvalue weighted by Gasteiger charge is -2.30. The van der Waals surface area contributed by atoms with E-state index in [-0.39, 0.29) is 40.6 Å². The summed E-state index contributed by atoms with van der Waals surface area (Å²) in [6, 6.07) is 12.5. The first-order valence-electron chi connectivity index (χ1n) is 22.2. The van der Waals surface area contributed by atoms with E-state index in [0.29, 0.717) is 74.8 Å². The number of ether oxygens (including phenoxy) is 2. The first kappa shape index (κ1) is 43.0. The number of fused-ring (bicyclic) bond motifs is 7. The summed E-state index contributed by atoms with van der Waals surface area (Å²) in [4.78, 5) is 33.1. The number of benzene rings is 2. The van der Waals surface area contributed by atoms with E-state index in [0.717, 1.165) is 93.9 Å². The zero-order chi connectivity index (χ0) is 40.5. The number of carbonyl (C=O) groups is 2. The van der Waals surface area contributed by atoms with Gasteiger partial charge in [-0.3, -0.25) is 14.6 Å². The van der Waals surface area contributed by atoms with Gasteiger partial charge < -0.3 is 35.6 Å². The lowest BCUT2D eigenvalue weighted by atomic mass is 9.78. The molecular formula is C46H66N4O6S2. The molecule has 2 aliphatic carbocycles. The topological polar surface area (TPSA) is 147 Å². The van der Waals surface area contributed by atoms with E-state index in [4.69, 9.17) is 20.2 Å². The van der Waals surface area contributed by atoms with Gasteiger partial charge >= 0.3 is 5.97 Å². The van der Waals surface area contributed by atoms with Crippen LogP contribution in [0.1, 0.15) is 138 Å². The summed E-state index contributed by atoms with van der Waals surface area (Å²) >= 11 is 0. The van der Waals surface area contributed by atoms with Crippen molar-refractivity contribution in [3.63, 3.8) is 0 Å². The van der Waals surface area contributed by atoms with E-state index in [1.165, 1.54) is 25.3 Å². The Hall–Kier alpha value is -3.09. The number of aliphatic hydroxyl groups is 1. The zero-order valence-corrected chi connectivity index (χ0v) is 36.2. The highest BCUT2D eigenvalue weighted by Crippen LogP contribution is 2.48. The van der Waals surface area contributed by atoms with Crippen LogP contribution in [0.15, 0.2) is 41.4 Å². The number of guanidine groups is 1. The Morgan fingerprint density at radius 2 is 1.81 bits per heavy atom. The molecule has 318 valence electrons. The van der Waals surface area contributed by atoms with Gasteiger partial charge in [-0.2, -0.15) is 0 Å². The summed E-state index contributed by atoms with van der Waals surface area (Å²) in [6.45, 7) is 2.77. The number of amides is 1. The summed E-state index contributed by atoms with van der Waals surface area (Å²) in [5, 5.41) is 26.8. The summed E-state index contributed by atoms with van der Waals surface area (Å²) < 4.78 is 12.6. The molecule has 58 heavy (non-hydrogen) atoms. The van der Waals surface area contributed by atoms with Crippen molar-refractivity contribution >= 4 is 39.4 Å². The second kappa shape index (κ2) is 20.0. The molecule has 2 aromatic carbocycles. The number of esters is 1. The first-order valence-corrected chi connectivity index (χ1v) is 24.5. The molecule has 2 saturated carbocycles. The van der Waals surface area contributed by atoms with E-state index in [1.807, 2.05) is 32.6 Å². The average molecular weight is 835 g/mol. The smallest absolute Gasteiger partial charge is 0.302 e. The van der Waals surface area contributed by atoms with Gasteiger partial charge in [-0.15, -0.1) is 0 Å². The standard InChI is InChI=1S/C46H66N4O6S2/c1-32(51)55-38-19-17-35-26-36(42(54)43-39(35)20-18-34-14-11-16-40(34)56-43)30-50-31-45(29-41(50)53,28-33-12-5-4-6-13-33)23-24-48-44(47)49-46(21-8-9-22-46)58-57-25-10-3-2-7-15-37(52)27-38/h4-6,12-13,26,34,37-38,40,52,54H,2-3,7-11,14-25,27-31H2,1H3,(H3,47,48,49). The number of aryl methyl sites for hydroxylation is 1. The minimum absolute atomic E-state index is 0.0678. The Labute approximate surface area is 353 Å². The molecule has 5 aliphatic rings. The third-order valence-electron chi connectivity index (χ3n) is 13.4. The lowest BCUT2D eigenvalue weighted by molar-refractivity contribution is -0.148. The highest BCUT2D eigenvalue weighted by molar-refractivity contribution is 8.77. The van der Waals surface area contributed by atoms with E-state index < -0.39 is 12.2 Å².